The predicted octanol–water partition coefficient (Wildman–Crippen LogP) is 10.9. The summed E-state index contributed by atoms with van der Waals surface area (Å²) in [6, 6.07) is 38.4. The second-order valence-electron chi connectivity index (χ2n) is 12.7. The van der Waals surface area contributed by atoms with Gasteiger partial charge in [-0.1, -0.05) is 84.9 Å². The molecule has 2 nitrogen and oxygen atoms in total. The number of para-hydroxylation sites is 2. The van der Waals surface area contributed by atoms with E-state index in [2.05, 4.69) is 137 Å². The van der Waals surface area contributed by atoms with Gasteiger partial charge in [0.05, 0.1) is 5.52 Å². The van der Waals surface area contributed by atoms with Crippen LogP contribution in [0.3, 0.4) is 0 Å². The van der Waals surface area contributed by atoms with Crippen LogP contribution >= 0.6 is 0 Å². The van der Waals surface area contributed by atoms with E-state index in [9.17, 15) is 0 Å². The Morgan fingerprint density at radius 2 is 1.25 bits per heavy atom. The van der Waals surface area contributed by atoms with Crippen molar-refractivity contribution in [3.05, 3.63) is 149 Å². The monoisotopic (exact) mass is 568 g/mol. The van der Waals surface area contributed by atoms with Crippen LogP contribution in [0, 0.1) is 0 Å². The van der Waals surface area contributed by atoms with E-state index in [0.29, 0.717) is 6.04 Å². The normalized spacial score (nSPS) is 17.8. The molecule has 0 bridgehead atoms. The number of allylic oxidation sites excluding steroid dienone is 4. The largest absolute Gasteiger partial charge is 0.341 e. The first-order chi connectivity index (χ1) is 21.8. The Balaban J connectivity index is 1.20. The van der Waals surface area contributed by atoms with Crippen LogP contribution < -0.4 is 0 Å². The molecule has 1 unspecified atom stereocenters. The molecule has 0 saturated heterocycles. The Bertz CT molecular complexity index is 2130. The van der Waals surface area contributed by atoms with Crippen LogP contribution in [-0.4, -0.2) is 9.13 Å². The molecule has 3 aliphatic rings. The summed E-state index contributed by atoms with van der Waals surface area (Å²) in [5.41, 5.74) is 15.4. The lowest BCUT2D eigenvalue weighted by Crippen LogP contribution is -2.15. The summed E-state index contributed by atoms with van der Waals surface area (Å²) in [4.78, 5) is 0. The fourth-order valence-corrected chi connectivity index (χ4v) is 8.15. The smallest absolute Gasteiger partial charge is 0.0537 e. The predicted molar refractivity (Wildman–Crippen MR) is 185 cm³/mol. The number of hydrogen-bond donors (Lipinski definition) is 0. The summed E-state index contributed by atoms with van der Waals surface area (Å²) in [5.74, 6) is 0. The molecular formula is C42H36N2. The first-order valence-corrected chi connectivity index (χ1v) is 16.3. The third-order valence-electron chi connectivity index (χ3n) is 10.2. The van der Waals surface area contributed by atoms with Crippen molar-refractivity contribution in [2.45, 2.75) is 51.0 Å². The first kappa shape index (κ1) is 25.7. The third-order valence-corrected chi connectivity index (χ3v) is 10.2. The Labute approximate surface area is 259 Å². The molecule has 0 N–H and O–H groups in total. The molecule has 214 valence electrons. The van der Waals surface area contributed by atoms with Crippen molar-refractivity contribution >= 4 is 34.0 Å². The van der Waals surface area contributed by atoms with Crippen molar-refractivity contribution in [2.75, 3.05) is 0 Å². The fraction of sp³-hybridized carbons (Fsp3) is 0.190. The number of fused-ring (bicyclic) bond motifs is 6. The van der Waals surface area contributed by atoms with Crippen LogP contribution in [0.2, 0.25) is 0 Å². The zero-order chi connectivity index (χ0) is 29.0. The van der Waals surface area contributed by atoms with Crippen LogP contribution in [0.25, 0.3) is 50.8 Å². The fourth-order valence-electron chi connectivity index (χ4n) is 8.15. The summed E-state index contributed by atoms with van der Waals surface area (Å²) in [5, 5.41) is 2.76. The lowest BCUT2D eigenvalue weighted by molar-refractivity contribution is 0.460. The van der Waals surface area contributed by atoms with Gasteiger partial charge in [-0.3, -0.25) is 0 Å². The lowest BCUT2D eigenvalue weighted by Gasteiger charge is -2.26. The molecule has 0 spiro atoms. The minimum Gasteiger partial charge on any atom is -0.341 e. The van der Waals surface area contributed by atoms with Crippen molar-refractivity contribution < 1.29 is 0 Å². The summed E-state index contributed by atoms with van der Waals surface area (Å²) in [7, 11) is 0. The zero-order valence-electron chi connectivity index (χ0n) is 25.0. The van der Waals surface area contributed by atoms with Gasteiger partial charge < -0.3 is 9.13 Å². The number of nitrogens with zero attached hydrogens (tertiary/aromatic N) is 2. The molecule has 2 aromatic heterocycles. The summed E-state index contributed by atoms with van der Waals surface area (Å²) in [6.07, 6.45) is 17.7. The number of benzene rings is 4. The van der Waals surface area contributed by atoms with Crippen molar-refractivity contribution in [3.8, 4) is 16.8 Å². The second kappa shape index (κ2) is 10.4. The van der Waals surface area contributed by atoms with E-state index >= 15 is 0 Å². The van der Waals surface area contributed by atoms with Gasteiger partial charge in [-0.15, -0.1) is 0 Å². The molecule has 0 saturated carbocycles. The maximum atomic E-state index is 2.72. The number of rotatable bonds is 4. The zero-order valence-corrected chi connectivity index (χ0v) is 25.0. The molecule has 2 heteroatoms. The van der Waals surface area contributed by atoms with Crippen LogP contribution in [0.1, 0.15) is 60.7 Å². The maximum absolute atomic E-state index is 2.72. The molecule has 0 fully saturated rings. The average molecular weight is 569 g/mol. The molecule has 44 heavy (non-hydrogen) atoms. The summed E-state index contributed by atoms with van der Waals surface area (Å²) >= 11 is 0. The first-order valence-electron chi connectivity index (χ1n) is 16.3. The highest BCUT2D eigenvalue weighted by Gasteiger charge is 2.28. The summed E-state index contributed by atoms with van der Waals surface area (Å²) in [6.45, 7) is 0. The highest BCUT2D eigenvalue weighted by molar-refractivity contribution is 5.97. The van der Waals surface area contributed by atoms with E-state index in [-0.39, 0.29) is 0 Å². The second-order valence-corrected chi connectivity index (χ2v) is 12.7. The topological polar surface area (TPSA) is 9.86 Å². The van der Waals surface area contributed by atoms with Gasteiger partial charge in [-0.25, -0.2) is 0 Å². The molecule has 0 aliphatic heterocycles. The Hall–Kier alpha value is -4.82. The van der Waals surface area contributed by atoms with Gasteiger partial charge in [-0.05, 0) is 110 Å². The molecule has 4 aromatic carbocycles. The molecule has 1 atom stereocenters. The van der Waals surface area contributed by atoms with Gasteiger partial charge in [0.25, 0.3) is 0 Å². The van der Waals surface area contributed by atoms with Gasteiger partial charge in [0.2, 0.25) is 0 Å². The van der Waals surface area contributed by atoms with E-state index < -0.39 is 0 Å². The van der Waals surface area contributed by atoms with E-state index in [1.807, 2.05) is 0 Å². The number of aromatic nitrogens is 2. The minimum absolute atomic E-state index is 0.546. The van der Waals surface area contributed by atoms with Gasteiger partial charge in [0, 0.05) is 50.5 Å². The molecule has 0 amide bonds. The van der Waals surface area contributed by atoms with Gasteiger partial charge >= 0.3 is 0 Å². The van der Waals surface area contributed by atoms with E-state index in [1.54, 1.807) is 0 Å². The van der Waals surface area contributed by atoms with Gasteiger partial charge in [-0.2, -0.15) is 0 Å². The third kappa shape index (κ3) is 4.08. The minimum atomic E-state index is 0.546. The molecule has 9 rings (SSSR count). The van der Waals surface area contributed by atoms with Gasteiger partial charge in [0.1, 0.15) is 0 Å². The molecule has 2 heterocycles. The van der Waals surface area contributed by atoms with Crippen LogP contribution in [0.4, 0.5) is 0 Å². The highest BCUT2D eigenvalue weighted by Crippen LogP contribution is 2.44. The van der Waals surface area contributed by atoms with E-state index in [1.165, 1.54) is 85.1 Å². The van der Waals surface area contributed by atoms with Crippen LogP contribution in [-0.2, 0) is 12.8 Å². The molecule has 0 radical (unpaired) electrons. The maximum Gasteiger partial charge on any atom is 0.0537 e. The van der Waals surface area contributed by atoms with Crippen molar-refractivity contribution in [1.82, 2.24) is 9.13 Å². The van der Waals surface area contributed by atoms with Crippen LogP contribution in [0.5, 0.6) is 0 Å². The number of hydrogen-bond acceptors (Lipinski definition) is 0. The lowest BCUT2D eigenvalue weighted by atomic mass is 9.85. The van der Waals surface area contributed by atoms with E-state index in [0.717, 1.165) is 32.1 Å². The van der Waals surface area contributed by atoms with Crippen molar-refractivity contribution in [1.29, 1.82) is 0 Å². The Kier molecular flexibility index (Phi) is 6.07. The Morgan fingerprint density at radius 3 is 2.02 bits per heavy atom. The standard InChI is InChI=1S/C42H36N2/c1-4-12-29(13-5-1)30-20-23-41-37(26-30)38-28-32(22-25-42(38)44(41)34-16-8-3-9-17-34)31-21-24-40-36(27-31)35-18-10-11-19-39(35)43(40)33-14-6-2-7-15-33/h1-8,10-15,18-20,23,26-28,34H,9,16-17,21-22,24-25H2. The van der Waals surface area contributed by atoms with E-state index in [4.69, 9.17) is 0 Å². The Morgan fingerprint density at radius 1 is 0.545 bits per heavy atom. The quantitative estimate of drug-likeness (QED) is 0.187. The van der Waals surface area contributed by atoms with Crippen molar-refractivity contribution in [3.63, 3.8) is 0 Å². The SMILES string of the molecule is C1=CCC(n2c3c(c4cc(-c5ccccc5)ccc42)C=C(C2=Cc4c(n(-c5ccccc5)c5ccccc45)CC2)CC3)CC1. The molecule has 6 aromatic rings. The molecular weight excluding hydrogens is 532 g/mol. The van der Waals surface area contributed by atoms with Crippen molar-refractivity contribution in [2.24, 2.45) is 0 Å². The highest BCUT2D eigenvalue weighted by atomic mass is 15.0. The van der Waals surface area contributed by atoms with Crippen LogP contribution in [0.15, 0.2) is 126 Å². The average Bonchev–Trinajstić information content (AvgIpc) is 3.61. The molecule has 3 aliphatic carbocycles. The summed E-state index contributed by atoms with van der Waals surface area (Å²) < 4.78 is 5.21. The van der Waals surface area contributed by atoms with Gasteiger partial charge in [0.15, 0.2) is 0 Å².